The zero-order valence-corrected chi connectivity index (χ0v) is 39.9. The molecule has 8 aromatic rings. The van der Waals surface area contributed by atoms with E-state index in [0.717, 1.165) is 21.7 Å². The monoisotopic (exact) mass is 936 g/mol. The molecule has 2 aromatic heterocycles. The van der Waals surface area contributed by atoms with Crippen LogP contribution >= 0.6 is 0 Å². The topological polar surface area (TPSA) is 149 Å². The van der Waals surface area contributed by atoms with Crippen molar-refractivity contribution in [3.63, 3.8) is 0 Å². The fraction of sp³-hybridized carbons (Fsp3) is 0.236. The number of methoxy groups -OCH3 is 1. The molecule has 6 aromatic carbocycles. The van der Waals surface area contributed by atoms with Crippen LogP contribution in [-0.4, -0.2) is 75.8 Å². The molecule has 0 aliphatic carbocycles. The van der Waals surface area contributed by atoms with E-state index in [4.69, 9.17) is 9.47 Å². The van der Waals surface area contributed by atoms with Crippen LogP contribution in [0.4, 0.5) is 5.69 Å². The van der Waals surface area contributed by atoms with Gasteiger partial charge >= 0.3 is 0 Å². The summed E-state index contributed by atoms with van der Waals surface area (Å²) in [4.78, 5) is 61.9. The third-order valence-electron chi connectivity index (χ3n) is 14.3. The minimum absolute atomic E-state index is 0.0419. The van der Waals surface area contributed by atoms with Gasteiger partial charge in [-0.05, 0) is 71.3 Å². The van der Waals surface area contributed by atoms with Gasteiger partial charge in [0.2, 0.25) is 5.91 Å². The lowest BCUT2D eigenvalue weighted by Crippen LogP contribution is -2.52. The number of ether oxygens (including phenoxy) is 2. The molecule has 1 saturated heterocycles. The highest BCUT2D eigenvalue weighted by Gasteiger charge is 2.66. The summed E-state index contributed by atoms with van der Waals surface area (Å²) in [6.07, 6.45) is 2.55. The van der Waals surface area contributed by atoms with E-state index in [2.05, 4.69) is 42.3 Å². The van der Waals surface area contributed by atoms with Gasteiger partial charge in [0.25, 0.3) is 17.0 Å². The van der Waals surface area contributed by atoms with Crippen LogP contribution in [-0.2, 0) is 33.0 Å². The zero-order chi connectivity index (χ0) is 48.0. The number of hydrogen-bond donors (Lipinski definition) is 1. The van der Waals surface area contributed by atoms with Gasteiger partial charge in [-0.2, -0.15) is 19.6 Å². The highest BCUT2D eigenvalue weighted by Crippen LogP contribution is 2.60. The summed E-state index contributed by atoms with van der Waals surface area (Å²) in [5.41, 5.74) is 1.36. The van der Waals surface area contributed by atoms with Crippen LogP contribution in [0.3, 0.4) is 0 Å². The molecule has 0 radical (unpaired) electrons. The van der Waals surface area contributed by atoms with E-state index in [1.54, 1.807) is 47.5 Å². The minimum Gasteiger partial charge on any atom is -0.497 e. The van der Waals surface area contributed by atoms with E-state index in [9.17, 15) is 19.5 Å². The Labute approximate surface area is 399 Å². The first-order valence-corrected chi connectivity index (χ1v) is 26.3. The lowest BCUT2D eigenvalue weighted by Gasteiger charge is -2.37. The standard InChI is InChI=1S/C55H52N6O7Si/c1-36-51(69(3,4)44-24-22-43(67-2)23-25-44)49(31-50(63)58(27-28-62)34-37-13-6-5-7-14-37)68-55(36)47-30-42(61-53(65)46-20-11-9-17-40(46)33-57-61)21-26-48(47)59(54(55)66)35-38-15-12-18-41(29-38)60-52(64)45-19-10-8-16-39(45)32-56-60/h5-26,29-30,32-33,36,49,51,62H,27-28,31,34-35H2,1-4H3/t36-,49+,51-,55+/m0/s1. The van der Waals surface area contributed by atoms with E-state index in [1.807, 2.05) is 115 Å². The number of aromatic nitrogens is 4. The fourth-order valence-corrected chi connectivity index (χ4v) is 14.8. The quantitative estimate of drug-likeness (QED) is 0.118. The maximum atomic E-state index is 16.0. The lowest BCUT2D eigenvalue weighted by atomic mass is 9.82. The minimum atomic E-state index is -2.71. The van der Waals surface area contributed by atoms with E-state index in [0.29, 0.717) is 51.1 Å². The van der Waals surface area contributed by atoms with Gasteiger partial charge in [0, 0.05) is 35.3 Å². The summed E-state index contributed by atoms with van der Waals surface area (Å²) in [5, 5.41) is 22.9. The van der Waals surface area contributed by atoms with E-state index in [-0.39, 0.29) is 54.6 Å². The van der Waals surface area contributed by atoms with Gasteiger partial charge < -0.3 is 24.4 Å². The number of aliphatic hydroxyl groups is 1. The molecule has 0 unspecified atom stereocenters. The van der Waals surface area contributed by atoms with Crippen molar-refractivity contribution in [2.45, 2.75) is 56.8 Å². The largest absolute Gasteiger partial charge is 0.497 e. The van der Waals surface area contributed by atoms with E-state index >= 15 is 4.79 Å². The van der Waals surface area contributed by atoms with Crippen LogP contribution < -0.4 is 25.9 Å². The van der Waals surface area contributed by atoms with Crippen LogP contribution in [0.2, 0.25) is 18.6 Å². The second kappa shape index (κ2) is 18.2. The maximum absolute atomic E-state index is 16.0. The smallest absolute Gasteiger partial charge is 0.279 e. The molecule has 2 aliphatic heterocycles. The Bertz CT molecular complexity index is 3380. The molecule has 4 atom stereocenters. The van der Waals surface area contributed by atoms with Gasteiger partial charge in [-0.3, -0.25) is 19.2 Å². The predicted molar refractivity (Wildman–Crippen MR) is 269 cm³/mol. The molecule has 1 spiro atoms. The molecule has 14 heteroatoms. The molecule has 10 rings (SSSR count). The van der Waals surface area contributed by atoms with Crippen molar-refractivity contribution in [1.82, 2.24) is 24.5 Å². The zero-order valence-electron chi connectivity index (χ0n) is 38.9. The number of rotatable bonds is 13. The second-order valence-electron chi connectivity index (χ2n) is 18.5. The third kappa shape index (κ3) is 7.93. The molecule has 348 valence electrons. The Morgan fingerprint density at radius 1 is 0.754 bits per heavy atom. The Morgan fingerprint density at radius 2 is 1.36 bits per heavy atom. The summed E-state index contributed by atoms with van der Waals surface area (Å²) in [7, 11) is -1.08. The number of amides is 2. The predicted octanol–water partition coefficient (Wildman–Crippen LogP) is 7.27. The molecule has 69 heavy (non-hydrogen) atoms. The van der Waals surface area contributed by atoms with Crippen LogP contribution in [0.5, 0.6) is 5.75 Å². The van der Waals surface area contributed by atoms with Gasteiger partial charge in [0.15, 0.2) is 5.60 Å². The van der Waals surface area contributed by atoms with Crippen molar-refractivity contribution in [1.29, 1.82) is 0 Å². The summed E-state index contributed by atoms with van der Waals surface area (Å²) < 4.78 is 15.7. The van der Waals surface area contributed by atoms with E-state index in [1.165, 1.54) is 9.36 Å². The average Bonchev–Trinajstić information content (AvgIpc) is 3.79. The summed E-state index contributed by atoms with van der Waals surface area (Å²) in [6, 6.07) is 45.2. The normalized spacial score (nSPS) is 18.8. The lowest BCUT2D eigenvalue weighted by molar-refractivity contribution is -0.150. The van der Waals surface area contributed by atoms with Crippen molar-refractivity contribution in [2.24, 2.45) is 5.92 Å². The van der Waals surface area contributed by atoms with Gasteiger partial charge in [-0.1, -0.05) is 116 Å². The highest BCUT2D eigenvalue weighted by molar-refractivity contribution is 6.91. The highest BCUT2D eigenvalue weighted by atomic mass is 28.3. The number of anilines is 1. The molecule has 2 aliphatic rings. The average molecular weight is 937 g/mol. The summed E-state index contributed by atoms with van der Waals surface area (Å²) in [6.45, 7) is 6.88. The van der Waals surface area contributed by atoms with Crippen LogP contribution in [0.1, 0.15) is 30.0 Å². The number of aliphatic hydroxyl groups excluding tert-OH is 1. The Hall–Kier alpha value is -7.52. The molecule has 0 bridgehead atoms. The van der Waals surface area contributed by atoms with Gasteiger partial charge in [0.05, 0.1) is 81.1 Å². The Morgan fingerprint density at radius 3 is 2.00 bits per heavy atom. The summed E-state index contributed by atoms with van der Waals surface area (Å²) in [5.74, 6) is -0.277. The first-order valence-electron chi connectivity index (χ1n) is 23.2. The molecule has 0 saturated carbocycles. The molecule has 1 N–H and O–H groups in total. The maximum Gasteiger partial charge on any atom is 0.279 e. The first kappa shape index (κ1) is 45.3. The molecular weight excluding hydrogens is 885 g/mol. The second-order valence-corrected chi connectivity index (χ2v) is 23.2. The van der Waals surface area contributed by atoms with Crippen LogP contribution in [0.15, 0.2) is 168 Å². The fourth-order valence-electron chi connectivity index (χ4n) is 10.8. The molecular formula is C55H52N6O7Si. The van der Waals surface area contributed by atoms with Crippen molar-refractivity contribution in [3.05, 3.63) is 195 Å². The van der Waals surface area contributed by atoms with Crippen molar-refractivity contribution < 1.29 is 24.2 Å². The number of carbonyl (C=O) groups excluding carboxylic acids is 2. The Balaban J connectivity index is 1.11. The van der Waals surface area contributed by atoms with Crippen LogP contribution in [0, 0.1) is 5.92 Å². The number of benzene rings is 6. The number of nitrogens with zero attached hydrogens (tertiary/aromatic N) is 6. The van der Waals surface area contributed by atoms with Gasteiger partial charge in [-0.25, -0.2) is 0 Å². The molecule has 2 amide bonds. The molecule has 13 nitrogen and oxygen atoms in total. The number of carbonyl (C=O) groups is 2. The van der Waals surface area contributed by atoms with Crippen molar-refractivity contribution in [3.8, 4) is 17.1 Å². The van der Waals surface area contributed by atoms with Crippen molar-refractivity contribution in [2.75, 3.05) is 25.2 Å². The van der Waals surface area contributed by atoms with Crippen LogP contribution in [0.25, 0.3) is 32.9 Å². The number of fused-ring (bicyclic) bond motifs is 4. The van der Waals surface area contributed by atoms with Crippen molar-refractivity contribution >= 4 is 52.3 Å². The molecule has 4 heterocycles. The Kier molecular flexibility index (Phi) is 11.9. The third-order valence-corrected chi connectivity index (χ3v) is 18.6. The van der Waals surface area contributed by atoms with Gasteiger partial charge in [-0.15, -0.1) is 0 Å². The first-order chi connectivity index (χ1) is 33.4. The molecule has 1 fully saturated rings. The summed E-state index contributed by atoms with van der Waals surface area (Å²) >= 11 is 0. The number of hydrogen-bond acceptors (Lipinski definition) is 9. The van der Waals surface area contributed by atoms with Gasteiger partial charge in [0.1, 0.15) is 5.75 Å². The van der Waals surface area contributed by atoms with E-state index < -0.39 is 25.7 Å². The SMILES string of the molecule is COc1ccc([Si](C)(C)[C@@H]2[C@@H](CC(=O)N(CCO)Cc3ccccc3)O[C@]3(C(=O)N(Cc4cccc(-n5ncc6ccccc6c5=O)c4)c4ccc(-n5ncc6ccccc6c5=O)cc43)[C@H]2C)cc1.